The lowest BCUT2D eigenvalue weighted by molar-refractivity contribution is 0.0359. The van der Waals surface area contributed by atoms with Gasteiger partial charge in [0.2, 0.25) is 0 Å². The van der Waals surface area contributed by atoms with Crippen molar-refractivity contribution in [2.45, 2.75) is 12.5 Å². The lowest BCUT2D eigenvalue weighted by Gasteiger charge is -2.27. The Labute approximate surface area is 159 Å². The summed E-state index contributed by atoms with van der Waals surface area (Å²) >= 11 is 0. The molecule has 1 saturated heterocycles. The zero-order chi connectivity index (χ0) is 19.7. The molecule has 1 fully saturated rings. The van der Waals surface area contributed by atoms with Crippen molar-refractivity contribution < 1.29 is 13.9 Å². The number of aromatic amines is 1. The predicted molar refractivity (Wildman–Crippen MR) is 100 cm³/mol. The zero-order valence-electron chi connectivity index (χ0n) is 15.1. The first-order chi connectivity index (χ1) is 13.6. The van der Waals surface area contributed by atoms with Crippen LogP contribution in [0.2, 0.25) is 0 Å². The summed E-state index contributed by atoms with van der Waals surface area (Å²) in [5, 5.41) is 17.5. The van der Waals surface area contributed by atoms with Gasteiger partial charge in [0.1, 0.15) is 5.39 Å². The second-order valence-electron chi connectivity index (χ2n) is 6.50. The smallest absolute Gasteiger partial charge is 0.261 e. The Morgan fingerprint density at radius 3 is 3.11 bits per heavy atom. The van der Waals surface area contributed by atoms with E-state index in [9.17, 15) is 14.4 Å². The summed E-state index contributed by atoms with van der Waals surface area (Å²) in [7, 11) is 1.38. The van der Waals surface area contributed by atoms with Crippen LogP contribution in [0.4, 0.5) is 15.9 Å². The number of rotatable bonds is 4. The van der Waals surface area contributed by atoms with Gasteiger partial charge in [-0.2, -0.15) is 10.4 Å². The largest absolute Gasteiger partial charge is 0.494 e. The second kappa shape index (κ2) is 7.32. The highest BCUT2D eigenvalue weighted by Crippen LogP contribution is 2.32. The Morgan fingerprint density at radius 2 is 2.32 bits per heavy atom. The number of aromatic nitrogens is 3. The standard InChI is InChI=1S/C19H18FN5O3/c1-27-16-8-12(2-3-13(16)20)23-18-17-14(4-6-22-19(17)26)25(24-18)15-10-28-7-5-11(15)9-21/h2-4,6,8,11,15H,5,7,10H2,1H3,(H,22,26)(H,23,24). The fourth-order valence-corrected chi connectivity index (χ4v) is 3.43. The van der Waals surface area contributed by atoms with Crippen LogP contribution in [0.15, 0.2) is 35.3 Å². The van der Waals surface area contributed by atoms with Gasteiger partial charge in [-0.05, 0) is 24.6 Å². The van der Waals surface area contributed by atoms with Crippen molar-refractivity contribution in [2.75, 3.05) is 25.6 Å². The van der Waals surface area contributed by atoms with Crippen LogP contribution < -0.4 is 15.6 Å². The van der Waals surface area contributed by atoms with Crippen LogP contribution in [0, 0.1) is 23.1 Å². The van der Waals surface area contributed by atoms with Gasteiger partial charge in [0.05, 0.1) is 37.3 Å². The van der Waals surface area contributed by atoms with E-state index in [-0.39, 0.29) is 23.3 Å². The SMILES string of the molecule is COc1cc(Nc2nn(C3COCCC3C#N)c3cc[nH]c(=O)c23)ccc1F. The van der Waals surface area contributed by atoms with Crippen LogP contribution in [0.3, 0.4) is 0 Å². The first-order valence-electron chi connectivity index (χ1n) is 8.80. The van der Waals surface area contributed by atoms with E-state index in [4.69, 9.17) is 9.47 Å². The average molecular weight is 383 g/mol. The molecule has 8 nitrogen and oxygen atoms in total. The third-order valence-electron chi connectivity index (χ3n) is 4.85. The van der Waals surface area contributed by atoms with Gasteiger partial charge in [-0.3, -0.25) is 9.48 Å². The molecule has 2 N–H and O–H groups in total. The molecule has 1 aromatic carbocycles. The van der Waals surface area contributed by atoms with E-state index in [2.05, 4.69) is 21.5 Å². The lowest BCUT2D eigenvalue weighted by atomic mass is 9.96. The van der Waals surface area contributed by atoms with Gasteiger partial charge in [0, 0.05) is 24.6 Å². The first kappa shape index (κ1) is 18.0. The van der Waals surface area contributed by atoms with Crippen LogP contribution in [-0.2, 0) is 4.74 Å². The van der Waals surface area contributed by atoms with E-state index in [1.54, 1.807) is 16.9 Å². The van der Waals surface area contributed by atoms with Crippen molar-refractivity contribution in [3.8, 4) is 11.8 Å². The molecule has 0 spiro atoms. The highest BCUT2D eigenvalue weighted by atomic mass is 19.1. The summed E-state index contributed by atoms with van der Waals surface area (Å²) in [4.78, 5) is 15.1. The van der Waals surface area contributed by atoms with Crippen molar-refractivity contribution in [3.63, 3.8) is 0 Å². The molecule has 144 valence electrons. The molecule has 1 aliphatic heterocycles. The van der Waals surface area contributed by atoms with Crippen molar-refractivity contribution in [1.82, 2.24) is 14.8 Å². The maximum Gasteiger partial charge on any atom is 0.261 e. The van der Waals surface area contributed by atoms with Crippen LogP contribution >= 0.6 is 0 Å². The van der Waals surface area contributed by atoms with Gasteiger partial charge in [-0.15, -0.1) is 0 Å². The van der Waals surface area contributed by atoms with Gasteiger partial charge in [0.25, 0.3) is 5.56 Å². The topological polar surface area (TPSA) is 105 Å². The van der Waals surface area contributed by atoms with E-state index < -0.39 is 5.82 Å². The molecule has 1 aliphatic rings. The summed E-state index contributed by atoms with van der Waals surface area (Å²) < 4.78 is 25.9. The highest BCUT2D eigenvalue weighted by Gasteiger charge is 2.30. The third-order valence-corrected chi connectivity index (χ3v) is 4.85. The normalized spacial score (nSPS) is 19.3. The number of nitrogens with one attached hydrogen (secondary N) is 2. The maximum absolute atomic E-state index is 13.7. The van der Waals surface area contributed by atoms with Crippen LogP contribution in [0.25, 0.3) is 10.9 Å². The van der Waals surface area contributed by atoms with Crippen molar-refractivity contribution in [2.24, 2.45) is 5.92 Å². The number of ether oxygens (including phenoxy) is 2. The molecule has 3 heterocycles. The van der Waals surface area contributed by atoms with Crippen molar-refractivity contribution in [1.29, 1.82) is 5.26 Å². The summed E-state index contributed by atoms with van der Waals surface area (Å²) in [6.45, 7) is 0.862. The Balaban J connectivity index is 1.81. The molecular formula is C19H18FN5O3. The summed E-state index contributed by atoms with van der Waals surface area (Å²) in [5.74, 6) is -0.368. The van der Waals surface area contributed by atoms with E-state index >= 15 is 0 Å². The molecule has 2 atom stereocenters. The highest BCUT2D eigenvalue weighted by molar-refractivity contribution is 5.91. The van der Waals surface area contributed by atoms with Gasteiger partial charge < -0.3 is 19.8 Å². The predicted octanol–water partition coefficient (Wildman–Crippen LogP) is 2.72. The lowest BCUT2D eigenvalue weighted by Crippen LogP contribution is -2.30. The molecule has 28 heavy (non-hydrogen) atoms. The van der Waals surface area contributed by atoms with Crippen LogP contribution in [0.5, 0.6) is 5.75 Å². The van der Waals surface area contributed by atoms with E-state index in [1.807, 2.05) is 0 Å². The average Bonchev–Trinajstić information content (AvgIpc) is 3.08. The second-order valence-corrected chi connectivity index (χ2v) is 6.50. The molecule has 0 aliphatic carbocycles. The maximum atomic E-state index is 13.7. The number of hydrogen-bond donors (Lipinski definition) is 2. The minimum atomic E-state index is -0.488. The van der Waals surface area contributed by atoms with Crippen molar-refractivity contribution in [3.05, 3.63) is 46.6 Å². The molecule has 3 aromatic rings. The first-order valence-corrected chi connectivity index (χ1v) is 8.80. The van der Waals surface area contributed by atoms with Gasteiger partial charge in [0.15, 0.2) is 17.4 Å². The summed E-state index contributed by atoms with van der Waals surface area (Å²) in [6.07, 6.45) is 2.14. The molecular weight excluding hydrogens is 365 g/mol. The van der Waals surface area contributed by atoms with E-state index in [1.165, 1.54) is 25.3 Å². The Kier molecular flexibility index (Phi) is 4.71. The minimum absolute atomic E-state index is 0.0767. The van der Waals surface area contributed by atoms with Crippen molar-refractivity contribution >= 4 is 22.4 Å². The fraction of sp³-hybridized carbons (Fsp3) is 0.316. The number of methoxy groups -OCH3 is 1. The monoisotopic (exact) mass is 383 g/mol. The molecule has 0 saturated carbocycles. The van der Waals surface area contributed by atoms with E-state index in [0.29, 0.717) is 42.0 Å². The zero-order valence-corrected chi connectivity index (χ0v) is 15.1. The van der Waals surface area contributed by atoms with E-state index in [0.717, 1.165) is 0 Å². The third kappa shape index (κ3) is 3.08. The summed E-state index contributed by atoms with van der Waals surface area (Å²) in [6, 6.07) is 8.03. The number of anilines is 2. The Hall–Kier alpha value is -3.38. The van der Waals surface area contributed by atoms with Gasteiger partial charge >= 0.3 is 0 Å². The number of benzene rings is 1. The van der Waals surface area contributed by atoms with Crippen LogP contribution in [0.1, 0.15) is 12.5 Å². The molecule has 0 amide bonds. The Morgan fingerprint density at radius 1 is 1.46 bits per heavy atom. The number of fused-ring (bicyclic) bond motifs is 1. The van der Waals surface area contributed by atoms with Crippen LogP contribution in [-0.4, -0.2) is 35.1 Å². The van der Waals surface area contributed by atoms with Gasteiger partial charge in [-0.25, -0.2) is 4.39 Å². The fourth-order valence-electron chi connectivity index (χ4n) is 3.43. The number of halogens is 1. The Bertz CT molecular complexity index is 1120. The molecule has 0 radical (unpaired) electrons. The minimum Gasteiger partial charge on any atom is -0.494 e. The molecule has 2 unspecified atom stereocenters. The quantitative estimate of drug-likeness (QED) is 0.718. The molecule has 2 aromatic heterocycles. The number of nitriles is 1. The summed E-state index contributed by atoms with van der Waals surface area (Å²) in [5.41, 5.74) is 0.798. The number of hydrogen-bond acceptors (Lipinski definition) is 6. The number of pyridine rings is 1. The van der Waals surface area contributed by atoms with Gasteiger partial charge in [-0.1, -0.05) is 0 Å². The molecule has 9 heteroatoms. The molecule has 0 bridgehead atoms. The number of nitrogens with zero attached hydrogens (tertiary/aromatic N) is 3. The number of H-pyrrole nitrogens is 1. The molecule has 4 rings (SSSR count).